The first-order chi connectivity index (χ1) is 12.4. The number of hydrogen-bond acceptors (Lipinski definition) is 4. The van der Waals surface area contributed by atoms with E-state index in [-0.39, 0.29) is 17.5 Å². The number of alkyl halides is 2. The van der Waals surface area contributed by atoms with E-state index in [2.05, 4.69) is 20.9 Å². The van der Waals surface area contributed by atoms with Crippen molar-refractivity contribution < 1.29 is 23.0 Å². The lowest BCUT2D eigenvalue weighted by Crippen LogP contribution is -2.45. The van der Waals surface area contributed by atoms with E-state index in [9.17, 15) is 13.6 Å². The number of amides is 1. The van der Waals surface area contributed by atoms with Crippen molar-refractivity contribution in [3.8, 4) is 11.5 Å². The molecule has 138 valence electrons. The van der Waals surface area contributed by atoms with Crippen LogP contribution in [-0.2, 0) is 4.79 Å². The third-order valence-electron chi connectivity index (χ3n) is 3.04. The zero-order valence-electron chi connectivity index (χ0n) is 13.8. The maximum atomic E-state index is 12.1. The lowest BCUT2D eigenvalue weighted by atomic mass is 10.2. The molecule has 0 aliphatic carbocycles. The van der Waals surface area contributed by atoms with Crippen LogP contribution in [0.15, 0.2) is 48.5 Å². The maximum absolute atomic E-state index is 12.1. The van der Waals surface area contributed by atoms with Crippen LogP contribution in [0.25, 0.3) is 0 Å². The summed E-state index contributed by atoms with van der Waals surface area (Å²) in [6.45, 7) is -1.11. The first kappa shape index (κ1) is 19.4. The molecule has 2 aromatic carbocycles. The minimum atomic E-state index is -2.88. The molecule has 6 nitrogen and oxygen atoms in total. The van der Waals surface area contributed by atoms with Gasteiger partial charge in [0, 0.05) is 5.69 Å². The summed E-state index contributed by atoms with van der Waals surface area (Å²) in [6, 6.07) is 13.0. The number of hydrazine groups is 1. The Bertz CT molecular complexity index is 740. The van der Waals surface area contributed by atoms with Crippen molar-refractivity contribution in [1.29, 1.82) is 0 Å². The van der Waals surface area contributed by atoms with Crippen molar-refractivity contribution in [3.63, 3.8) is 0 Å². The second kappa shape index (κ2) is 9.52. The van der Waals surface area contributed by atoms with Gasteiger partial charge in [-0.1, -0.05) is 17.7 Å². The number of aryl methyl sites for hydroxylation is 1. The molecule has 0 unspecified atom stereocenters. The van der Waals surface area contributed by atoms with E-state index < -0.39 is 12.5 Å². The van der Waals surface area contributed by atoms with Gasteiger partial charge in [0.15, 0.2) is 11.7 Å². The van der Waals surface area contributed by atoms with Crippen LogP contribution in [0.2, 0.25) is 0 Å². The first-order valence-corrected chi connectivity index (χ1v) is 7.93. The molecule has 0 saturated heterocycles. The molecule has 2 rings (SSSR count). The molecule has 0 heterocycles. The molecule has 0 aliphatic rings. The zero-order valence-corrected chi connectivity index (χ0v) is 14.6. The van der Waals surface area contributed by atoms with Gasteiger partial charge in [-0.3, -0.25) is 15.6 Å². The Morgan fingerprint density at radius 1 is 1.04 bits per heavy atom. The van der Waals surface area contributed by atoms with Crippen molar-refractivity contribution in [2.45, 2.75) is 13.5 Å². The van der Waals surface area contributed by atoms with Gasteiger partial charge in [0.25, 0.3) is 5.91 Å². The summed E-state index contributed by atoms with van der Waals surface area (Å²) in [6.07, 6.45) is 0. The monoisotopic (exact) mass is 381 g/mol. The van der Waals surface area contributed by atoms with Gasteiger partial charge >= 0.3 is 6.61 Å². The number of thiocarbonyl (C=S) groups is 1. The number of benzene rings is 2. The molecule has 0 fully saturated rings. The molecule has 9 heteroatoms. The fourth-order valence-corrected chi connectivity index (χ4v) is 2.00. The molecule has 1 amide bonds. The first-order valence-electron chi connectivity index (χ1n) is 7.52. The van der Waals surface area contributed by atoms with Gasteiger partial charge in [-0.15, -0.1) is 0 Å². The third kappa shape index (κ3) is 6.89. The number of carbonyl (C=O) groups excluding carboxylic acids is 1. The van der Waals surface area contributed by atoms with Crippen LogP contribution in [0.5, 0.6) is 11.5 Å². The van der Waals surface area contributed by atoms with E-state index in [0.717, 1.165) is 5.56 Å². The molecule has 0 radical (unpaired) electrons. The lowest BCUT2D eigenvalue weighted by Gasteiger charge is -2.12. The number of rotatable bonds is 6. The van der Waals surface area contributed by atoms with Crippen LogP contribution in [0.3, 0.4) is 0 Å². The second-order valence-electron chi connectivity index (χ2n) is 5.13. The van der Waals surface area contributed by atoms with Crippen LogP contribution in [0.4, 0.5) is 14.5 Å². The van der Waals surface area contributed by atoms with E-state index in [1.54, 1.807) is 12.1 Å². The Labute approximate surface area is 154 Å². The number of halogens is 2. The molecule has 3 N–H and O–H groups in total. The zero-order chi connectivity index (χ0) is 18.9. The highest BCUT2D eigenvalue weighted by atomic mass is 32.1. The third-order valence-corrected chi connectivity index (χ3v) is 3.25. The smallest absolute Gasteiger partial charge is 0.387 e. The summed E-state index contributed by atoms with van der Waals surface area (Å²) in [5, 5.41) is 2.90. The van der Waals surface area contributed by atoms with Crippen LogP contribution >= 0.6 is 12.2 Å². The predicted octanol–water partition coefficient (Wildman–Crippen LogP) is 2.99. The summed E-state index contributed by atoms with van der Waals surface area (Å²) in [7, 11) is 0. The fourth-order valence-electron chi connectivity index (χ4n) is 1.83. The standard InChI is InChI=1S/C17H17F2N3O3S/c1-11-2-6-13(7-3-11)24-10-15(23)21-22-17(26)20-12-4-8-14(9-5-12)25-16(18)19/h2-9,16H,10H2,1H3,(H,21,23)(H2,20,22,26). The summed E-state index contributed by atoms with van der Waals surface area (Å²) in [4.78, 5) is 11.7. The van der Waals surface area contributed by atoms with Gasteiger partial charge in [0.1, 0.15) is 11.5 Å². The van der Waals surface area contributed by atoms with Crippen LogP contribution in [0.1, 0.15) is 5.56 Å². The van der Waals surface area contributed by atoms with Gasteiger partial charge in [-0.2, -0.15) is 8.78 Å². The Balaban J connectivity index is 1.70. The summed E-state index contributed by atoms with van der Waals surface area (Å²) in [5.74, 6) is 0.193. The molecule has 0 saturated carbocycles. The minimum Gasteiger partial charge on any atom is -0.484 e. The van der Waals surface area contributed by atoms with Crippen molar-refractivity contribution >= 4 is 28.9 Å². The normalized spacial score (nSPS) is 10.2. The number of nitrogens with one attached hydrogen (secondary N) is 3. The number of carbonyl (C=O) groups is 1. The van der Waals surface area contributed by atoms with E-state index in [0.29, 0.717) is 11.4 Å². The van der Waals surface area contributed by atoms with Crippen LogP contribution < -0.4 is 25.6 Å². The Morgan fingerprint density at radius 2 is 1.65 bits per heavy atom. The summed E-state index contributed by atoms with van der Waals surface area (Å²) >= 11 is 5.02. The summed E-state index contributed by atoms with van der Waals surface area (Å²) < 4.78 is 33.7. The molecule has 0 aliphatic heterocycles. The average molecular weight is 381 g/mol. The molecule has 0 atom stereocenters. The van der Waals surface area contributed by atoms with Gasteiger partial charge in [-0.25, -0.2) is 0 Å². The molecule has 0 aromatic heterocycles. The highest BCUT2D eigenvalue weighted by Crippen LogP contribution is 2.17. The molecule has 26 heavy (non-hydrogen) atoms. The van der Waals surface area contributed by atoms with E-state index in [1.165, 1.54) is 24.3 Å². The Hall–Kier alpha value is -2.94. The number of hydrogen-bond donors (Lipinski definition) is 3. The highest BCUT2D eigenvalue weighted by molar-refractivity contribution is 7.80. The molecule has 2 aromatic rings. The molecular weight excluding hydrogens is 364 g/mol. The Kier molecular flexibility index (Phi) is 7.10. The topological polar surface area (TPSA) is 71.6 Å². The van der Waals surface area contributed by atoms with Crippen molar-refractivity contribution in [1.82, 2.24) is 10.9 Å². The highest BCUT2D eigenvalue weighted by Gasteiger charge is 2.06. The largest absolute Gasteiger partial charge is 0.484 e. The van der Waals surface area contributed by atoms with Crippen molar-refractivity contribution in [2.24, 2.45) is 0 Å². The molecular formula is C17H17F2N3O3S. The fraction of sp³-hybridized carbons (Fsp3) is 0.176. The lowest BCUT2D eigenvalue weighted by molar-refractivity contribution is -0.123. The predicted molar refractivity (Wildman–Crippen MR) is 97.2 cm³/mol. The van der Waals surface area contributed by atoms with Crippen molar-refractivity contribution in [2.75, 3.05) is 11.9 Å². The van der Waals surface area contributed by atoms with Crippen LogP contribution in [0, 0.1) is 6.92 Å². The van der Waals surface area contributed by atoms with E-state index in [1.807, 2.05) is 19.1 Å². The van der Waals surface area contributed by atoms with Gasteiger partial charge in [0.2, 0.25) is 0 Å². The van der Waals surface area contributed by atoms with E-state index >= 15 is 0 Å². The van der Waals surface area contributed by atoms with E-state index in [4.69, 9.17) is 17.0 Å². The maximum Gasteiger partial charge on any atom is 0.387 e. The Morgan fingerprint density at radius 3 is 2.27 bits per heavy atom. The van der Waals surface area contributed by atoms with Gasteiger partial charge in [0.05, 0.1) is 0 Å². The van der Waals surface area contributed by atoms with Gasteiger partial charge in [-0.05, 0) is 55.5 Å². The van der Waals surface area contributed by atoms with Crippen molar-refractivity contribution in [3.05, 3.63) is 54.1 Å². The molecule has 0 spiro atoms. The number of ether oxygens (including phenoxy) is 2. The van der Waals surface area contributed by atoms with Crippen LogP contribution in [-0.4, -0.2) is 24.2 Å². The SMILES string of the molecule is Cc1ccc(OCC(=O)NNC(=S)Nc2ccc(OC(F)F)cc2)cc1. The average Bonchev–Trinajstić information content (AvgIpc) is 2.61. The molecule has 0 bridgehead atoms. The van der Waals surface area contributed by atoms with Gasteiger partial charge < -0.3 is 14.8 Å². The quantitative estimate of drug-likeness (QED) is 0.528. The summed E-state index contributed by atoms with van der Waals surface area (Å²) in [5.41, 5.74) is 6.52. The number of anilines is 1. The second-order valence-corrected chi connectivity index (χ2v) is 5.54. The minimum absolute atomic E-state index is 0.0333.